The maximum atomic E-state index is 4.47. The number of hydrazone groups is 1. The topological polar surface area (TPSA) is 68.0 Å². The third-order valence-corrected chi connectivity index (χ3v) is 4.18. The monoisotopic (exact) mass is 398 g/mol. The minimum absolute atomic E-state index is 0.631. The summed E-state index contributed by atoms with van der Waals surface area (Å²) in [6, 6.07) is 11.9. The number of nitrogens with zero attached hydrogens (tertiary/aromatic N) is 5. The molecule has 1 aromatic carbocycles. The van der Waals surface area contributed by atoms with Gasteiger partial charge in [0.1, 0.15) is 5.82 Å². The molecular formula is C18H19BrN6. The highest BCUT2D eigenvalue weighted by molar-refractivity contribution is 9.10. The molecule has 1 N–H and O–H groups in total. The van der Waals surface area contributed by atoms with Crippen LogP contribution in [0.4, 0.5) is 5.82 Å². The Hall–Kier alpha value is -2.54. The van der Waals surface area contributed by atoms with Gasteiger partial charge in [-0.2, -0.15) is 10.2 Å². The molecule has 2 aromatic heterocycles. The van der Waals surface area contributed by atoms with Gasteiger partial charge in [0.15, 0.2) is 11.6 Å². The maximum absolute atomic E-state index is 4.47. The molecule has 7 heteroatoms. The second-order valence-corrected chi connectivity index (χ2v) is 6.73. The van der Waals surface area contributed by atoms with Gasteiger partial charge in [-0.25, -0.2) is 14.6 Å². The molecule has 2 heterocycles. The van der Waals surface area contributed by atoms with Gasteiger partial charge in [-0.3, -0.25) is 5.43 Å². The first-order chi connectivity index (χ1) is 11.9. The van der Waals surface area contributed by atoms with E-state index in [0.717, 1.165) is 33.0 Å². The minimum Gasteiger partial charge on any atom is -0.261 e. The highest BCUT2D eigenvalue weighted by Gasteiger charge is 2.08. The summed E-state index contributed by atoms with van der Waals surface area (Å²) < 4.78 is 2.85. The first-order valence-electron chi connectivity index (χ1n) is 7.88. The van der Waals surface area contributed by atoms with E-state index in [1.807, 2.05) is 64.1 Å². The highest BCUT2D eigenvalue weighted by atomic mass is 79.9. The summed E-state index contributed by atoms with van der Waals surface area (Å²) in [5.74, 6) is 2.01. The van der Waals surface area contributed by atoms with Crippen molar-refractivity contribution >= 4 is 27.5 Å². The normalized spacial score (nSPS) is 11.6. The lowest BCUT2D eigenvalue weighted by Crippen LogP contribution is -2.07. The lowest BCUT2D eigenvalue weighted by Gasteiger charge is -2.08. The fourth-order valence-electron chi connectivity index (χ4n) is 2.48. The lowest BCUT2D eigenvalue weighted by molar-refractivity contribution is 0.793. The molecule has 6 nitrogen and oxygen atoms in total. The average molecular weight is 399 g/mol. The standard InChI is InChI=1S/C18H19BrN6/c1-11-9-12(2)25(24-11)18-10-17(20-14(4)21-18)23-22-13(3)15-5-7-16(19)8-6-15/h5-10H,1-4H3,(H,20,21,23)/b22-13-. The number of aromatic nitrogens is 4. The van der Waals surface area contributed by atoms with Crippen LogP contribution in [0.2, 0.25) is 0 Å². The van der Waals surface area contributed by atoms with Gasteiger partial charge >= 0.3 is 0 Å². The van der Waals surface area contributed by atoms with E-state index in [-0.39, 0.29) is 0 Å². The van der Waals surface area contributed by atoms with Gasteiger partial charge in [-0.05, 0) is 51.5 Å². The number of anilines is 1. The molecule has 0 aliphatic heterocycles. The average Bonchev–Trinajstić information content (AvgIpc) is 2.91. The predicted octanol–water partition coefficient (Wildman–Crippen LogP) is 4.19. The number of hydrogen-bond acceptors (Lipinski definition) is 5. The molecule has 0 radical (unpaired) electrons. The molecular weight excluding hydrogens is 380 g/mol. The second kappa shape index (κ2) is 7.14. The van der Waals surface area contributed by atoms with Crippen LogP contribution in [-0.4, -0.2) is 25.5 Å². The van der Waals surface area contributed by atoms with Crippen LogP contribution in [0.5, 0.6) is 0 Å². The SMILES string of the molecule is C/C(=N/Nc1cc(-n2nc(C)cc2C)nc(C)n1)c1ccc(Br)cc1. The fourth-order valence-corrected chi connectivity index (χ4v) is 2.74. The van der Waals surface area contributed by atoms with Crippen LogP contribution in [-0.2, 0) is 0 Å². The van der Waals surface area contributed by atoms with Gasteiger partial charge in [0.25, 0.3) is 0 Å². The molecule has 0 saturated carbocycles. The third-order valence-electron chi connectivity index (χ3n) is 3.65. The summed E-state index contributed by atoms with van der Waals surface area (Å²) in [5, 5.41) is 8.90. The van der Waals surface area contributed by atoms with Crippen molar-refractivity contribution in [3.63, 3.8) is 0 Å². The number of hydrogen-bond donors (Lipinski definition) is 1. The van der Waals surface area contributed by atoms with Crippen molar-refractivity contribution in [3.05, 3.63) is 63.6 Å². The van der Waals surface area contributed by atoms with Crippen LogP contribution < -0.4 is 5.43 Å². The summed E-state index contributed by atoms with van der Waals surface area (Å²) in [5.41, 5.74) is 6.91. The number of aryl methyl sites for hydroxylation is 3. The lowest BCUT2D eigenvalue weighted by atomic mass is 10.1. The molecule has 0 bridgehead atoms. The molecule has 3 rings (SSSR count). The van der Waals surface area contributed by atoms with Crippen molar-refractivity contribution in [2.45, 2.75) is 27.7 Å². The van der Waals surface area contributed by atoms with E-state index in [2.05, 4.69) is 41.5 Å². The Kier molecular flexibility index (Phi) is 4.94. The first-order valence-corrected chi connectivity index (χ1v) is 8.67. The van der Waals surface area contributed by atoms with Gasteiger partial charge in [0.05, 0.1) is 11.4 Å². The quantitative estimate of drug-likeness (QED) is 0.528. The Balaban J connectivity index is 1.87. The molecule has 3 aromatic rings. The van der Waals surface area contributed by atoms with Crippen LogP contribution in [0.1, 0.15) is 29.7 Å². The van der Waals surface area contributed by atoms with Crippen molar-refractivity contribution in [1.29, 1.82) is 0 Å². The Labute approximate surface area is 155 Å². The third kappa shape index (κ3) is 4.11. The molecule has 0 aliphatic carbocycles. The molecule has 0 saturated heterocycles. The predicted molar refractivity (Wildman–Crippen MR) is 103 cm³/mol. The summed E-state index contributed by atoms with van der Waals surface area (Å²) in [4.78, 5) is 8.87. The zero-order valence-electron chi connectivity index (χ0n) is 14.6. The van der Waals surface area contributed by atoms with Crippen LogP contribution in [0, 0.1) is 20.8 Å². The second-order valence-electron chi connectivity index (χ2n) is 5.81. The number of halogens is 1. The van der Waals surface area contributed by atoms with Gasteiger partial charge in [-0.1, -0.05) is 28.1 Å². The molecule has 128 valence electrons. The number of rotatable bonds is 4. The summed E-state index contributed by atoms with van der Waals surface area (Å²) in [6.07, 6.45) is 0. The van der Waals surface area contributed by atoms with Crippen molar-refractivity contribution in [2.24, 2.45) is 5.10 Å². The van der Waals surface area contributed by atoms with Gasteiger partial charge < -0.3 is 0 Å². The number of benzene rings is 1. The van der Waals surface area contributed by atoms with E-state index in [9.17, 15) is 0 Å². The van der Waals surface area contributed by atoms with E-state index in [1.54, 1.807) is 4.68 Å². The van der Waals surface area contributed by atoms with Gasteiger partial charge in [0, 0.05) is 16.2 Å². The van der Waals surface area contributed by atoms with Crippen LogP contribution in [0.3, 0.4) is 0 Å². The summed E-state index contributed by atoms with van der Waals surface area (Å²) in [7, 11) is 0. The Morgan fingerprint density at radius 3 is 2.44 bits per heavy atom. The molecule has 0 atom stereocenters. The minimum atomic E-state index is 0.631. The molecule has 0 spiro atoms. The Morgan fingerprint density at radius 2 is 1.80 bits per heavy atom. The van der Waals surface area contributed by atoms with E-state index in [4.69, 9.17) is 0 Å². The van der Waals surface area contributed by atoms with Crippen LogP contribution in [0.25, 0.3) is 5.82 Å². The van der Waals surface area contributed by atoms with E-state index < -0.39 is 0 Å². The van der Waals surface area contributed by atoms with Crippen molar-refractivity contribution in [1.82, 2.24) is 19.7 Å². The first kappa shape index (κ1) is 17.3. The van der Waals surface area contributed by atoms with Crippen molar-refractivity contribution < 1.29 is 0 Å². The summed E-state index contributed by atoms with van der Waals surface area (Å²) >= 11 is 3.44. The zero-order chi connectivity index (χ0) is 18.0. The van der Waals surface area contributed by atoms with E-state index in [1.165, 1.54) is 0 Å². The van der Waals surface area contributed by atoms with E-state index in [0.29, 0.717) is 11.6 Å². The van der Waals surface area contributed by atoms with Crippen LogP contribution >= 0.6 is 15.9 Å². The molecule has 0 unspecified atom stereocenters. The molecule has 0 fully saturated rings. The molecule has 0 aliphatic rings. The Bertz CT molecular complexity index is 927. The fraction of sp³-hybridized carbons (Fsp3) is 0.222. The molecule has 25 heavy (non-hydrogen) atoms. The highest BCUT2D eigenvalue weighted by Crippen LogP contribution is 2.15. The van der Waals surface area contributed by atoms with Crippen LogP contribution in [0.15, 0.2) is 46.0 Å². The van der Waals surface area contributed by atoms with Crippen molar-refractivity contribution in [2.75, 3.05) is 5.43 Å². The summed E-state index contributed by atoms with van der Waals surface area (Å²) in [6.45, 7) is 7.76. The molecule has 0 amide bonds. The maximum Gasteiger partial charge on any atom is 0.159 e. The zero-order valence-corrected chi connectivity index (χ0v) is 16.2. The Morgan fingerprint density at radius 1 is 1.08 bits per heavy atom. The van der Waals surface area contributed by atoms with E-state index >= 15 is 0 Å². The van der Waals surface area contributed by atoms with Gasteiger partial charge in [0.2, 0.25) is 0 Å². The smallest absolute Gasteiger partial charge is 0.159 e. The number of nitrogens with one attached hydrogen (secondary N) is 1. The van der Waals surface area contributed by atoms with Crippen molar-refractivity contribution in [3.8, 4) is 5.82 Å². The largest absolute Gasteiger partial charge is 0.261 e. The van der Waals surface area contributed by atoms with Gasteiger partial charge in [-0.15, -0.1) is 0 Å².